The van der Waals surface area contributed by atoms with Crippen LogP contribution in [0.15, 0.2) is 12.2 Å². The number of carboxylic acids is 1. The second kappa shape index (κ2) is 23.8. The molecule has 21 nitrogen and oxygen atoms in total. The van der Waals surface area contributed by atoms with Crippen molar-refractivity contribution >= 4 is 17.9 Å². The molecule has 4 rings (SSSR count). The molecule has 1 heterocycles. The zero-order valence-electron chi connectivity index (χ0n) is 33.3. The summed E-state index contributed by atoms with van der Waals surface area (Å²) < 4.78 is 28.1. The lowest BCUT2D eigenvalue weighted by atomic mass is 9.72. The predicted molar refractivity (Wildman–Crippen MR) is 200 cm³/mol. The first-order valence-electron chi connectivity index (χ1n) is 20.6. The molecule has 13 N–H and O–H groups in total. The van der Waals surface area contributed by atoms with Crippen LogP contribution in [-0.4, -0.2) is 208 Å². The Kier molecular flexibility index (Phi) is 19.9. The van der Waals surface area contributed by atoms with Crippen molar-refractivity contribution in [3.05, 3.63) is 12.2 Å². The molecular formula is C39H64O21. The number of fused-ring (bicyclic) bond motifs is 1. The summed E-state index contributed by atoms with van der Waals surface area (Å²) in [6, 6.07) is 0. The lowest BCUT2D eigenvalue weighted by molar-refractivity contribution is -0.241. The Morgan fingerprint density at radius 3 is 1.72 bits per heavy atom. The highest BCUT2D eigenvalue weighted by Gasteiger charge is 2.50. The van der Waals surface area contributed by atoms with Crippen molar-refractivity contribution in [2.24, 2.45) is 17.8 Å². The van der Waals surface area contributed by atoms with Crippen LogP contribution < -0.4 is 0 Å². The zero-order chi connectivity index (χ0) is 44.3. The number of allylic oxidation sites excluding steroid dienone is 1. The van der Waals surface area contributed by atoms with Crippen molar-refractivity contribution in [1.29, 1.82) is 0 Å². The number of carboxylic acid groups (broad SMARTS) is 1. The summed E-state index contributed by atoms with van der Waals surface area (Å²) in [7, 11) is 0. The summed E-state index contributed by atoms with van der Waals surface area (Å²) in [6.45, 7) is -2.78. The normalized spacial score (nSPS) is 35.2. The van der Waals surface area contributed by atoms with Crippen LogP contribution in [-0.2, 0) is 38.1 Å². The number of aliphatic hydroxyl groups excluding tert-OH is 12. The molecule has 0 aromatic heterocycles. The third-order valence-electron chi connectivity index (χ3n) is 12.0. The van der Waals surface area contributed by atoms with Gasteiger partial charge in [0.25, 0.3) is 0 Å². The van der Waals surface area contributed by atoms with Crippen LogP contribution in [0.1, 0.15) is 70.6 Å². The molecule has 3 saturated carbocycles. The highest BCUT2D eigenvalue weighted by Crippen LogP contribution is 2.43. The van der Waals surface area contributed by atoms with Gasteiger partial charge in [-0.15, -0.1) is 0 Å². The van der Waals surface area contributed by atoms with Crippen LogP contribution in [0.5, 0.6) is 0 Å². The van der Waals surface area contributed by atoms with Gasteiger partial charge in [0.15, 0.2) is 0 Å². The van der Waals surface area contributed by atoms with Gasteiger partial charge in [0.05, 0.1) is 62.0 Å². The molecule has 17 atom stereocenters. The van der Waals surface area contributed by atoms with E-state index in [-0.39, 0.29) is 50.0 Å². The Bertz CT molecular complexity index is 1360. The van der Waals surface area contributed by atoms with Gasteiger partial charge in [0, 0.05) is 12.0 Å². The topological polar surface area (TPSA) is 360 Å². The van der Waals surface area contributed by atoms with E-state index >= 15 is 0 Å². The Hall–Kier alpha value is -2.45. The average Bonchev–Trinajstić information content (AvgIpc) is 3.21. The molecule has 9 unspecified atom stereocenters. The minimum atomic E-state index is -2.05. The lowest BCUT2D eigenvalue weighted by Crippen LogP contribution is -2.58. The third kappa shape index (κ3) is 14.8. The van der Waals surface area contributed by atoms with Crippen molar-refractivity contribution in [2.45, 2.75) is 168 Å². The molecule has 60 heavy (non-hydrogen) atoms. The molecule has 0 aromatic carbocycles. The summed E-state index contributed by atoms with van der Waals surface area (Å²) in [5, 5.41) is 134. The maximum absolute atomic E-state index is 12.2. The van der Waals surface area contributed by atoms with Crippen LogP contribution in [0.3, 0.4) is 0 Å². The Balaban J connectivity index is 1.35. The van der Waals surface area contributed by atoms with E-state index in [0.717, 1.165) is 0 Å². The molecule has 0 aromatic rings. The number of esters is 2. The first kappa shape index (κ1) is 50.2. The number of hydrogen-bond acceptors (Lipinski definition) is 20. The molecule has 21 heteroatoms. The van der Waals surface area contributed by atoms with E-state index in [2.05, 4.69) is 4.74 Å². The predicted octanol–water partition coefficient (Wildman–Crippen LogP) is -4.24. The van der Waals surface area contributed by atoms with Crippen molar-refractivity contribution in [3.8, 4) is 0 Å². The monoisotopic (exact) mass is 868 g/mol. The molecule has 1 aliphatic heterocycles. The molecule has 346 valence electrons. The second-order valence-corrected chi connectivity index (χ2v) is 16.7. The fourth-order valence-corrected chi connectivity index (χ4v) is 8.43. The van der Waals surface area contributed by atoms with E-state index in [4.69, 9.17) is 24.1 Å². The lowest BCUT2D eigenvalue weighted by Gasteiger charge is -2.50. The highest BCUT2D eigenvalue weighted by molar-refractivity contribution is 5.90. The fourth-order valence-electron chi connectivity index (χ4n) is 8.43. The maximum Gasteiger partial charge on any atom is 0.330 e. The molecule has 0 radical (unpaired) electrons. The van der Waals surface area contributed by atoms with Gasteiger partial charge in [-0.1, -0.05) is 6.08 Å². The minimum absolute atomic E-state index is 0.0419. The molecule has 0 spiro atoms. The smallest absolute Gasteiger partial charge is 0.330 e. The van der Waals surface area contributed by atoms with Crippen LogP contribution in [0.4, 0.5) is 0 Å². The van der Waals surface area contributed by atoms with Crippen LogP contribution in [0, 0.1) is 17.8 Å². The number of aliphatic carboxylic acids is 1. The largest absolute Gasteiger partial charge is 0.481 e. The van der Waals surface area contributed by atoms with Crippen molar-refractivity contribution in [2.75, 3.05) is 26.4 Å². The number of aliphatic hydroxyl groups is 12. The Morgan fingerprint density at radius 2 is 1.15 bits per heavy atom. The quantitative estimate of drug-likeness (QED) is 0.0295. The first-order valence-corrected chi connectivity index (χ1v) is 20.6. The van der Waals surface area contributed by atoms with Crippen LogP contribution in [0.25, 0.3) is 0 Å². The average molecular weight is 869 g/mol. The zero-order valence-corrected chi connectivity index (χ0v) is 33.3. The van der Waals surface area contributed by atoms with Crippen molar-refractivity contribution in [1.82, 2.24) is 0 Å². The number of ether oxygens (including phenoxy) is 5. The van der Waals surface area contributed by atoms with Gasteiger partial charge in [-0.05, 0) is 76.0 Å². The van der Waals surface area contributed by atoms with Gasteiger partial charge in [-0.3, -0.25) is 9.59 Å². The standard InChI is InChI=1S/C39H64O21/c40-20-5-1-18(2-6-20)3-8-33(50)58-16-27(46)37(54)36(53)26(45)15-57-31-12-22-29(10-21(41)11-30(22)60-39(31)19-4-7-23(42)24(43)9-19)56-14-25(44)35(52)38(55)28(47)17-59-34(51)13-32(48)49/h3,8,18-31,35-47,52-55H,1-2,4-7,9-17H2,(H,48,49)/t18?,19?,20?,21?,22?,23?,24?,25-,26-,27+,28+,29?,30?,31?,35+,36+,37+,38+,39?/m0/s1. The van der Waals surface area contributed by atoms with E-state index in [0.29, 0.717) is 32.1 Å². The second-order valence-electron chi connectivity index (χ2n) is 16.7. The van der Waals surface area contributed by atoms with Crippen LogP contribution in [0.2, 0.25) is 0 Å². The van der Waals surface area contributed by atoms with E-state index in [9.17, 15) is 75.7 Å². The van der Waals surface area contributed by atoms with Gasteiger partial charge in [0.2, 0.25) is 0 Å². The van der Waals surface area contributed by atoms with Gasteiger partial charge in [-0.25, -0.2) is 4.79 Å². The molecule has 0 bridgehead atoms. The first-order chi connectivity index (χ1) is 28.3. The van der Waals surface area contributed by atoms with Gasteiger partial charge < -0.3 is 90.1 Å². The van der Waals surface area contributed by atoms with Gasteiger partial charge in [0.1, 0.15) is 68.5 Å². The molecule has 3 aliphatic carbocycles. The van der Waals surface area contributed by atoms with E-state index in [1.807, 2.05) is 0 Å². The Morgan fingerprint density at radius 1 is 0.600 bits per heavy atom. The van der Waals surface area contributed by atoms with E-state index in [1.165, 1.54) is 6.08 Å². The van der Waals surface area contributed by atoms with E-state index in [1.54, 1.807) is 6.08 Å². The molecule has 0 amide bonds. The molecule has 4 aliphatic rings. The molecule has 1 saturated heterocycles. The van der Waals surface area contributed by atoms with Gasteiger partial charge in [-0.2, -0.15) is 0 Å². The van der Waals surface area contributed by atoms with Crippen LogP contribution >= 0.6 is 0 Å². The number of rotatable bonds is 21. The van der Waals surface area contributed by atoms with Crippen molar-refractivity contribution in [3.63, 3.8) is 0 Å². The third-order valence-corrected chi connectivity index (χ3v) is 12.0. The SMILES string of the molecule is O=C(O)CC(=O)OC[C@@H](O)[C@@H](O)[C@H](O)[C@@H](O)COC1CC(O)CC2OC(C3CCC(O)C(O)C3)C(OC[C@H](O)[C@@H](O)[C@H](O)[C@H](O)COC(=O)C=CC3CCC(O)CC3)CC12. The molecular weight excluding hydrogens is 804 g/mol. The summed E-state index contributed by atoms with van der Waals surface area (Å²) in [6.07, 6.45) is -16.0. The number of carbonyl (C=O) groups excluding carboxylic acids is 2. The highest BCUT2D eigenvalue weighted by atomic mass is 16.6. The molecule has 4 fully saturated rings. The summed E-state index contributed by atoms with van der Waals surface area (Å²) >= 11 is 0. The Labute approximate surface area is 346 Å². The fraction of sp³-hybridized carbons (Fsp3) is 0.872. The number of carbonyl (C=O) groups is 3. The summed E-state index contributed by atoms with van der Waals surface area (Å²) in [5.74, 6) is -4.28. The minimum Gasteiger partial charge on any atom is -0.481 e. The van der Waals surface area contributed by atoms with Gasteiger partial charge >= 0.3 is 17.9 Å². The van der Waals surface area contributed by atoms with Crippen molar-refractivity contribution < 1.29 is 104 Å². The summed E-state index contributed by atoms with van der Waals surface area (Å²) in [5.41, 5.74) is 0. The maximum atomic E-state index is 12.2. The number of hydrogen-bond donors (Lipinski definition) is 13. The van der Waals surface area contributed by atoms with E-state index < -0.39 is 148 Å². The summed E-state index contributed by atoms with van der Waals surface area (Å²) in [4.78, 5) is 34.3.